The molecule has 146 valence electrons. The van der Waals surface area contributed by atoms with Crippen LogP contribution in [-0.2, 0) is 9.63 Å². The fourth-order valence-electron chi connectivity index (χ4n) is 4.71. The molecule has 4 rings (SSSR count). The summed E-state index contributed by atoms with van der Waals surface area (Å²) in [7, 11) is 0. The number of amides is 1. The Labute approximate surface area is 166 Å². The highest BCUT2D eigenvalue weighted by molar-refractivity contribution is 6.43. The van der Waals surface area contributed by atoms with E-state index in [4.69, 9.17) is 16.4 Å². The van der Waals surface area contributed by atoms with Gasteiger partial charge in [-0.3, -0.25) is 9.69 Å². The Kier molecular flexibility index (Phi) is 5.69. The number of hydrogen-bond donors (Lipinski definition) is 1. The summed E-state index contributed by atoms with van der Waals surface area (Å²) in [5, 5.41) is 7.63. The van der Waals surface area contributed by atoms with E-state index >= 15 is 0 Å². The first-order chi connectivity index (χ1) is 13.1. The summed E-state index contributed by atoms with van der Waals surface area (Å²) in [5.74, 6) is 0.625. The van der Waals surface area contributed by atoms with E-state index in [0.717, 1.165) is 38.4 Å². The molecule has 0 bridgehead atoms. The summed E-state index contributed by atoms with van der Waals surface area (Å²) in [6.45, 7) is 3.17. The van der Waals surface area contributed by atoms with Crippen molar-refractivity contribution in [3.05, 3.63) is 29.3 Å². The number of halogens is 1. The Hall–Kier alpha value is -1.59. The van der Waals surface area contributed by atoms with Gasteiger partial charge in [0.1, 0.15) is 5.71 Å². The highest BCUT2D eigenvalue weighted by Gasteiger charge is 2.44. The van der Waals surface area contributed by atoms with Gasteiger partial charge in [0, 0.05) is 30.2 Å². The smallest absolute Gasteiger partial charge is 0.273 e. The fourth-order valence-corrected chi connectivity index (χ4v) is 4.90. The molecular weight excluding hydrogens is 362 g/mol. The second kappa shape index (κ2) is 8.19. The average molecular weight is 390 g/mol. The van der Waals surface area contributed by atoms with E-state index in [1.165, 1.54) is 32.1 Å². The lowest BCUT2D eigenvalue weighted by Crippen LogP contribution is -2.50. The lowest BCUT2D eigenvalue weighted by atomic mass is 9.85. The minimum atomic E-state index is -0.325. The summed E-state index contributed by atoms with van der Waals surface area (Å²) in [6.07, 6.45) is 9.50. The SMILES string of the molecule is O=C(Nc1cccc(Cl)c1)C1=NOC2(CCCN(CC3CCCCC3)C2)C1. The summed E-state index contributed by atoms with van der Waals surface area (Å²) < 4.78 is 0. The van der Waals surface area contributed by atoms with Crippen molar-refractivity contribution >= 4 is 28.9 Å². The van der Waals surface area contributed by atoms with Gasteiger partial charge in [0.05, 0.1) is 0 Å². The Morgan fingerprint density at radius 3 is 2.96 bits per heavy atom. The summed E-state index contributed by atoms with van der Waals surface area (Å²) in [4.78, 5) is 21.0. The van der Waals surface area contributed by atoms with E-state index in [2.05, 4.69) is 15.4 Å². The lowest BCUT2D eigenvalue weighted by Gasteiger charge is -2.40. The number of piperidine rings is 1. The monoisotopic (exact) mass is 389 g/mol. The average Bonchev–Trinajstić information content (AvgIpc) is 3.06. The highest BCUT2D eigenvalue weighted by atomic mass is 35.5. The van der Waals surface area contributed by atoms with Crippen molar-refractivity contribution < 1.29 is 9.63 Å². The fraction of sp³-hybridized carbons (Fsp3) is 0.619. The second-order valence-corrected chi connectivity index (χ2v) is 8.73. The minimum Gasteiger partial charge on any atom is -0.387 e. The van der Waals surface area contributed by atoms with Crippen LogP contribution in [0.5, 0.6) is 0 Å². The van der Waals surface area contributed by atoms with Crippen LogP contribution in [0.25, 0.3) is 0 Å². The van der Waals surface area contributed by atoms with E-state index in [0.29, 0.717) is 22.8 Å². The number of oxime groups is 1. The highest BCUT2D eigenvalue weighted by Crippen LogP contribution is 2.35. The molecule has 1 aromatic carbocycles. The van der Waals surface area contributed by atoms with Gasteiger partial charge in [-0.25, -0.2) is 0 Å². The van der Waals surface area contributed by atoms with Crippen LogP contribution >= 0.6 is 11.6 Å². The largest absolute Gasteiger partial charge is 0.387 e. The third kappa shape index (κ3) is 4.64. The maximum Gasteiger partial charge on any atom is 0.273 e. The quantitative estimate of drug-likeness (QED) is 0.826. The zero-order valence-corrected chi connectivity index (χ0v) is 16.5. The molecule has 0 aromatic heterocycles. The normalized spacial score (nSPS) is 26.6. The first-order valence-corrected chi connectivity index (χ1v) is 10.5. The van der Waals surface area contributed by atoms with Crippen molar-refractivity contribution in [2.24, 2.45) is 11.1 Å². The van der Waals surface area contributed by atoms with Crippen LogP contribution in [0.1, 0.15) is 51.4 Å². The predicted octanol–water partition coefficient (Wildman–Crippen LogP) is 4.47. The van der Waals surface area contributed by atoms with Crippen molar-refractivity contribution in [2.45, 2.75) is 57.0 Å². The number of carbonyl (C=O) groups excluding carboxylic acids is 1. The molecule has 1 aromatic rings. The molecule has 1 N–H and O–H groups in total. The van der Waals surface area contributed by atoms with Gasteiger partial charge in [-0.15, -0.1) is 0 Å². The Morgan fingerprint density at radius 1 is 1.30 bits per heavy atom. The molecule has 2 heterocycles. The molecule has 5 nitrogen and oxygen atoms in total. The van der Waals surface area contributed by atoms with E-state index in [-0.39, 0.29) is 11.5 Å². The van der Waals surface area contributed by atoms with Crippen LogP contribution in [0.3, 0.4) is 0 Å². The molecule has 1 saturated heterocycles. The van der Waals surface area contributed by atoms with Gasteiger partial charge in [-0.2, -0.15) is 0 Å². The summed E-state index contributed by atoms with van der Waals surface area (Å²) in [6, 6.07) is 7.16. The minimum absolute atomic E-state index is 0.196. The molecule has 2 aliphatic heterocycles. The first-order valence-electron chi connectivity index (χ1n) is 10.2. The predicted molar refractivity (Wildman–Crippen MR) is 108 cm³/mol. The molecule has 1 saturated carbocycles. The van der Waals surface area contributed by atoms with Gasteiger partial charge in [0.15, 0.2) is 5.60 Å². The van der Waals surface area contributed by atoms with Crippen LogP contribution in [-0.4, -0.2) is 41.8 Å². The van der Waals surface area contributed by atoms with Crippen LogP contribution in [0.2, 0.25) is 5.02 Å². The number of hydrogen-bond acceptors (Lipinski definition) is 4. The Bertz CT molecular complexity index is 717. The van der Waals surface area contributed by atoms with E-state index in [1.807, 2.05) is 12.1 Å². The summed E-state index contributed by atoms with van der Waals surface area (Å²) >= 11 is 5.99. The van der Waals surface area contributed by atoms with E-state index in [1.54, 1.807) is 12.1 Å². The van der Waals surface area contributed by atoms with Crippen molar-refractivity contribution in [2.75, 3.05) is 25.0 Å². The topological polar surface area (TPSA) is 53.9 Å². The first kappa shape index (κ1) is 18.8. The van der Waals surface area contributed by atoms with Gasteiger partial charge in [0.2, 0.25) is 0 Å². The number of carbonyl (C=O) groups is 1. The number of rotatable bonds is 4. The second-order valence-electron chi connectivity index (χ2n) is 8.30. The number of nitrogens with one attached hydrogen (secondary N) is 1. The third-order valence-electron chi connectivity index (χ3n) is 6.04. The maximum atomic E-state index is 12.6. The molecule has 0 radical (unpaired) electrons. The Morgan fingerprint density at radius 2 is 2.15 bits per heavy atom. The van der Waals surface area contributed by atoms with Crippen LogP contribution in [0, 0.1) is 5.92 Å². The molecule has 1 amide bonds. The maximum absolute atomic E-state index is 12.6. The van der Waals surface area contributed by atoms with Crippen molar-refractivity contribution in [1.29, 1.82) is 0 Å². The van der Waals surface area contributed by atoms with Crippen LogP contribution in [0.15, 0.2) is 29.4 Å². The van der Waals surface area contributed by atoms with Crippen molar-refractivity contribution in [3.63, 3.8) is 0 Å². The molecule has 6 heteroatoms. The third-order valence-corrected chi connectivity index (χ3v) is 6.28. The molecule has 1 unspecified atom stereocenters. The van der Waals surface area contributed by atoms with Crippen molar-refractivity contribution in [1.82, 2.24) is 4.90 Å². The summed E-state index contributed by atoms with van der Waals surface area (Å²) in [5.41, 5.74) is 0.835. The molecule has 3 aliphatic rings. The molecular formula is C21H28ClN3O2. The molecule has 27 heavy (non-hydrogen) atoms. The van der Waals surface area contributed by atoms with Gasteiger partial charge in [-0.05, 0) is 56.3 Å². The number of likely N-dealkylation sites (tertiary alicyclic amines) is 1. The van der Waals surface area contributed by atoms with Crippen molar-refractivity contribution in [3.8, 4) is 0 Å². The van der Waals surface area contributed by atoms with Crippen LogP contribution in [0.4, 0.5) is 5.69 Å². The van der Waals surface area contributed by atoms with E-state index < -0.39 is 0 Å². The van der Waals surface area contributed by atoms with Crippen LogP contribution < -0.4 is 5.32 Å². The van der Waals surface area contributed by atoms with Gasteiger partial charge < -0.3 is 10.2 Å². The van der Waals surface area contributed by atoms with Gasteiger partial charge in [0.25, 0.3) is 5.91 Å². The zero-order chi connectivity index (χ0) is 18.7. The number of benzene rings is 1. The molecule has 1 spiro atoms. The van der Waals surface area contributed by atoms with Gasteiger partial charge >= 0.3 is 0 Å². The van der Waals surface area contributed by atoms with E-state index in [9.17, 15) is 4.79 Å². The molecule has 1 atom stereocenters. The zero-order valence-electron chi connectivity index (χ0n) is 15.8. The number of anilines is 1. The lowest BCUT2D eigenvalue weighted by molar-refractivity contribution is -0.110. The number of nitrogens with zero attached hydrogens (tertiary/aromatic N) is 2. The standard InChI is InChI=1S/C21H28ClN3O2/c22-17-8-4-9-18(12-17)23-20(26)19-13-21(27-24-19)10-5-11-25(15-21)14-16-6-2-1-3-7-16/h4,8-9,12,16H,1-3,5-7,10-11,13-15H2,(H,23,26). The Balaban J connectivity index is 1.33. The van der Waals surface area contributed by atoms with Gasteiger partial charge in [-0.1, -0.05) is 42.1 Å². The molecule has 2 fully saturated rings. The molecule has 1 aliphatic carbocycles.